The quantitative estimate of drug-likeness (QED) is 0.309. The lowest BCUT2D eigenvalue weighted by molar-refractivity contribution is -0.694. The van der Waals surface area contributed by atoms with Crippen LogP contribution in [0.5, 0.6) is 0 Å². The molecule has 0 saturated heterocycles. The molecule has 0 radical (unpaired) electrons. The van der Waals surface area contributed by atoms with E-state index in [1.165, 1.54) is 20.8 Å². The first-order valence-electron chi connectivity index (χ1n) is 8.44. The molecule has 152 valence electrons. The Morgan fingerprint density at radius 1 is 1.33 bits per heavy atom. The maximum atomic E-state index is 13.2. The number of amides is 1. The molecule has 0 spiro atoms. The zero-order valence-corrected chi connectivity index (χ0v) is 19.2. The van der Waals surface area contributed by atoms with Gasteiger partial charge in [-0.15, -0.1) is 0 Å². The molecule has 0 aliphatic heterocycles. The molecule has 1 aromatic carbocycles. The normalized spacial score (nSPS) is 10.9. The molecular weight excluding hydrogens is 513 g/mol. The number of halogens is 3. The Hall–Kier alpha value is -2.53. The minimum absolute atomic E-state index is 0.246. The third kappa shape index (κ3) is 4.04. The van der Waals surface area contributed by atoms with Gasteiger partial charge in [-0.25, -0.2) is 9.67 Å². The van der Waals surface area contributed by atoms with Crippen LogP contribution < -0.4 is 16.0 Å². The van der Waals surface area contributed by atoms with Crippen molar-refractivity contribution in [1.29, 1.82) is 0 Å². The summed E-state index contributed by atoms with van der Waals surface area (Å²) in [6, 6.07) is 8.44. The van der Waals surface area contributed by atoms with Gasteiger partial charge in [0.25, 0.3) is 11.4 Å². The number of nitrogen functional groups attached to an aromatic ring is 1. The van der Waals surface area contributed by atoms with E-state index in [0.29, 0.717) is 36.7 Å². The molecule has 3 N–H and O–H groups in total. The smallest absolute Gasteiger partial charge is 0.286 e. The number of rotatable bonds is 4. The summed E-state index contributed by atoms with van der Waals surface area (Å²) in [4.78, 5) is 18.7. The number of nitrogens with zero attached hydrogens (tertiary/aromatic N) is 5. The number of aromatic nitrogens is 5. The summed E-state index contributed by atoms with van der Waals surface area (Å²) >= 11 is 17.1. The lowest BCUT2D eigenvalue weighted by atomic mass is 10.1. The summed E-state index contributed by atoms with van der Waals surface area (Å²) < 4.78 is 1.84. The van der Waals surface area contributed by atoms with Gasteiger partial charge in [-0.2, -0.15) is 10.9 Å². The molecule has 30 heavy (non-hydrogen) atoms. The Balaban J connectivity index is 1.77. The number of hydrogen-bond acceptors (Lipinski definition) is 6. The lowest BCUT2D eigenvalue weighted by Crippen LogP contribution is -2.45. The van der Waals surface area contributed by atoms with E-state index >= 15 is 0 Å². The van der Waals surface area contributed by atoms with Crippen molar-refractivity contribution in [3.8, 4) is 16.4 Å². The van der Waals surface area contributed by atoms with Gasteiger partial charge in [-0.05, 0) is 64.0 Å². The number of nitrogens with two attached hydrogens (primary N) is 1. The second-order valence-electron chi connectivity index (χ2n) is 6.18. The van der Waals surface area contributed by atoms with Crippen LogP contribution in [0.25, 0.3) is 16.4 Å². The highest BCUT2D eigenvalue weighted by Gasteiger charge is 2.22. The Bertz CT molecular complexity index is 1270. The average Bonchev–Trinajstić information content (AvgIpc) is 3.29. The minimum Gasteiger partial charge on any atom is -0.320 e. The Morgan fingerprint density at radius 2 is 2.13 bits per heavy atom. The number of pyridine rings is 1. The van der Waals surface area contributed by atoms with Crippen LogP contribution in [-0.2, 0) is 0 Å². The van der Waals surface area contributed by atoms with E-state index in [4.69, 9.17) is 29.0 Å². The number of carbonyl (C=O) groups is 1. The zero-order valence-electron chi connectivity index (χ0n) is 15.3. The topological polar surface area (TPSA) is 103 Å². The van der Waals surface area contributed by atoms with E-state index in [1.54, 1.807) is 42.0 Å². The monoisotopic (exact) mass is 524 g/mol. The van der Waals surface area contributed by atoms with Crippen LogP contribution in [0, 0.1) is 6.92 Å². The number of nitrogens with one attached hydrogen (secondary N) is 1. The maximum absolute atomic E-state index is 13.2. The summed E-state index contributed by atoms with van der Waals surface area (Å²) in [6.07, 6.45) is 1.57. The molecule has 4 rings (SSSR count). The largest absolute Gasteiger partial charge is 0.320 e. The van der Waals surface area contributed by atoms with Crippen molar-refractivity contribution < 1.29 is 9.59 Å². The molecule has 3 heterocycles. The summed E-state index contributed by atoms with van der Waals surface area (Å²) in [5.41, 5.74) is 3.88. The minimum atomic E-state index is -0.404. The Kier molecular flexibility index (Phi) is 5.74. The number of hydrogen-bond donors (Lipinski definition) is 2. The van der Waals surface area contributed by atoms with Gasteiger partial charge < -0.3 is 5.32 Å². The molecular formula is C18H13BrCl2N7OS+. The third-order valence-corrected chi connectivity index (χ3v) is 5.85. The van der Waals surface area contributed by atoms with Gasteiger partial charge in [-0.3, -0.25) is 4.79 Å². The second-order valence-corrected chi connectivity index (χ2v) is 8.67. The van der Waals surface area contributed by atoms with Crippen molar-refractivity contribution in [3.63, 3.8) is 0 Å². The van der Waals surface area contributed by atoms with Crippen molar-refractivity contribution in [3.05, 3.63) is 67.9 Å². The Morgan fingerprint density at radius 3 is 2.83 bits per heavy atom. The van der Waals surface area contributed by atoms with E-state index in [0.717, 1.165) is 5.56 Å². The molecule has 0 atom stereocenters. The molecule has 1 amide bonds. The number of anilines is 1. The fraction of sp³-hybridized carbons (Fsp3) is 0.0556. The molecule has 12 heteroatoms. The zero-order chi connectivity index (χ0) is 21.4. The molecule has 0 bridgehead atoms. The van der Waals surface area contributed by atoms with Crippen LogP contribution in [0.3, 0.4) is 0 Å². The van der Waals surface area contributed by atoms with E-state index in [2.05, 4.69) is 36.4 Å². The molecule has 8 nitrogen and oxygen atoms in total. The summed E-state index contributed by atoms with van der Waals surface area (Å²) in [5, 5.41) is 13.0. The standard InChI is InChI=1S/C18H12BrCl2N7OS/c1-9-5-10(20)6-11(18-26-27(22)8-30-18)15(9)24-17(29)13-7-14(19)25-28(13)16-12(21)3-2-4-23-16/h2-8H,22H2,1H3/p+1. The first-order chi connectivity index (χ1) is 14.3. The fourth-order valence-electron chi connectivity index (χ4n) is 2.84. The SMILES string of the molecule is Cc1cc(Cl)cc(-c2n[n+](N)cs2)c1NC(=O)c1cc(Br)nn1-c1ncccc1Cl. The van der Waals surface area contributed by atoms with Crippen molar-refractivity contribution in [1.82, 2.24) is 19.9 Å². The van der Waals surface area contributed by atoms with E-state index < -0.39 is 5.91 Å². The summed E-state index contributed by atoms with van der Waals surface area (Å²) in [7, 11) is 0. The van der Waals surface area contributed by atoms with Crippen LogP contribution in [0.15, 0.2) is 46.6 Å². The summed E-state index contributed by atoms with van der Waals surface area (Å²) in [6.45, 7) is 1.85. The second kappa shape index (κ2) is 8.31. The molecule has 0 aliphatic carbocycles. The van der Waals surface area contributed by atoms with Gasteiger partial charge >= 0.3 is 0 Å². The van der Waals surface area contributed by atoms with Crippen molar-refractivity contribution >= 4 is 62.1 Å². The molecule has 0 saturated carbocycles. The summed E-state index contributed by atoms with van der Waals surface area (Å²) in [5.74, 6) is 5.63. The van der Waals surface area contributed by atoms with E-state index in [-0.39, 0.29) is 5.69 Å². The molecule has 0 aliphatic rings. The molecule has 0 fully saturated rings. The van der Waals surface area contributed by atoms with E-state index in [1.807, 2.05) is 6.92 Å². The van der Waals surface area contributed by atoms with Gasteiger partial charge in [0.15, 0.2) is 5.82 Å². The van der Waals surface area contributed by atoms with Crippen LogP contribution in [0.1, 0.15) is 16.1 Å². The number of carbonyl (C=O) groups excluding carboxylic acids is 1. The Labute approximate surface area is 193 Å². The van der Waals surface area contributed by atoms with Gasteiger partial charge in [-0.1, -0.05) is 23.2 Å². The number of benzene rings is 1. The van der Waals surface area contributed by atoms with Gasteiger partial charge in [0.1, 0.15) is 10.3 Å². The first kappa shape index (κ1) is 20.7. The van der Waals surface area contributed by atoms with Crippen LogP contribution in [0.2, 0.25) is 10.0 Å². The van der Waals surface area contributed by atoms with Crippen LogP contribution >= 0.6 is 50.5 Å². The van der Waals surface area contributed by atoms with Crippen LogP contribution in [-0.4, -0.2) is 25.8 Å². The molecule has 0 unspecified atom stereocenters. The van der Waals surface area contributed by atoms with Gasteiger partial charge in [0, 0.05) is 32.7 Å². The lowest BCUT2D eigenvalue weighted by Gasteiger charge is -2.13. The predicted molar refractivity (Wildman–Crippen MR) is 120 cm³/mol. The fourth-order valence-corrected chi connectivity index (χ4v) is 4.37. The van der Waals surface area contributed by atoms with Gasteiger partial charge in [0.05, 0.1) is 10.7 Å². The predicted octanol–water partition coefficient (Wildman–Crippen LogP) is 4.02. The van der Waals surface area contributed by atoms with Crippen LogP contribution in [0.4, 0.5) is 5.69 Å². The van der Waals surface area contributed by atoms with Crippen molar-refractivity contribution in [2.75, 3.05) is 11.2 Å². The van der Waals surface area contributed by atoms with E-state index in [9.17, 15) is 4.79 Å². The molecule has 3 aromatic heterocycles. The third-order valence-electron chi connectivity index (χ3n) is 4.10. The molecule has 4 aromatic rings. The van der Waals surface area contributed by atoms with Crippen molar-refractivity contribution in [2.45, 2.75) is 6.92 Å². The van der Waals surface area contributed by atoms with Crippen molar-refractivity contribution in [2.24, 2.45) is 0 Å². The highest BCUT2D eigenvalue weighted by molar-refractivity contribution is 9.10. The highest BCUT2D eigenvalue weighted by Crippen LogP contribution is 2.35. The average molecular weight is 526 g/mol. The maximum Gasteiger partial charge on any atom is 0.286 e. The highest BCUT2D eigenvalue weighted by atomic mass is 79.9. The first-order valence-corrected chi connectivity index (χ1v) is 10.9. The van der Waals surface area contributed by atoms with Gasteiger partial charge in [0.2, 0.25) is 5.01 Å². The number of aryl methyl sites for hydroxylation is 1.